The summed E-state index contributed by atoms with van der Waals surface area (Å²) in [5.41, 5.74) is 0. The summed E-state index contributed by atoms with van der Waals surface area (Å²) < 4.78 is 134. The van der Waals surface area contributed by atoms with E-state index >= 15 is 0 Å². The van der Waals surface area contributed by atoms with E-state index in [4.69, 9.17) is 19.1 Å². The van der Waals surface area contributed by atoms with Crippen LogP contribution in [0, 0.1) is 0 Å². The van der Waals surface area contributed by atoms with Gasteiger partial charge in [0.2, 0.25) is 0 Å². The second kappa shape index (κ2) is 16.6. The Balaban J connectivity index is 0.00000192. The van der Waals surface area contributed by atoms with E-state index in [2.05, 4.69) is 0 Å². The zero-order chi connectivity index (χ0) is 35.2. The van der Waals surface area contributed by atoms with Crippen LogP contribution in [0.1, 0.15) is 0 Å². The van der Waals surface area contributed by atoms with Gasteiger partial charge in [-0.2, -0.15) is 33.7 Å². The molecule has 0 fully saturated rings. The first-order valence-corrected chi connectivity index (χ1v) is 25.2. The topological polar surface area (TPSA) is 217 Å². The first-order chi connectivity index (χ1) is 21.8. The van der Waals surface area contributed by atoms with Crippen molar-refractivity contribution in [3.05, 3.63) is 97.1 Å². The Morgan fingerprint density at radius 2 is 0.638 bits per heavy atom. The fourth-order valence-electron chi connectivity index (χ4n) is 4.26. The van der Waals surface area contributed by atoms with Gasteiger partial charge in [0.05, 0.1) is 19.6 Å². The average Bonchev–Trinajstić information content (AvgIpc) is 2.98. The molecule has 0 heterocycles. The molecule has 47 heavy (non-hydrogen) atoms. The van der Waals surface area contributed by atoms with E-state index in [0.717, 1.165) is 0 Å². The van der Waals surface area contributed by atoms with E-state index in [-0.39, 0.29) is 28.3 Å². The molecule has 12 nitrogen and oxygen atoms in total. The fourth-order valence-corrected chi connectivity index (χ4v) is 12.2. The molecule has 0 aromatic heterocycles. The van der Waals surface area contributed by atoms with Crippen molar-refractivity contribution in [1.29, 1.82) is 0 Å². The van der Waals surface area contributed by atoms with Crippen molar-refractivity contribution < 1.29 is 67.8 Å². The van der Waals surface area contributed by atoms with Crippen LogP contribution in [0.4, 0.5) is 0 Å². The third kappa shape index (κ3) is 11.6. The van der Waals surface area contributed by atoms with Gasteiger partial charge in [-0.15, -0.1) is 0 Å². The van der Waals surface area contributed by atoms with Gasteiger partial charge in [0.1, 0.15) is 0 Å². The second-order valence-electron chi connectivity index (χ2n) is 9.24. The second-order valence-corrected chi connectivity index (χ2v) is 22.0. The van der Waals surface area contributed by atoms with E-state index in [9.17, 15) is 51.9 Å². The summed E-state index contributed by atoms with van der Waals surface area (Å²) in [7, 11) is -12.1. The molecular weight excluding hydrogens is 872 g/mol. The van der Waals surface area contributed by atoms with Gasteiger partial charge < -0.3 is 0 Å². The molecule has 0 unspecified atom stereocenters. The number of rotatable bonds is 11. The summed E-state index contributed by atoms with van der Waals surface area (Å²) in [4.78, 5) is -1.62. The quantitative estimate of drug-likeness (QED) is 0.0965. The van der Waals surface area contributed by atoms with Crippen molar-refractivity contribution >= 4 is 96.6 Å². The zero-order valence-corrected chi connectivity index (χ0v) is 31.4. The summed E-state index contributed by atoms with van der Waals surface area (Å²) >= 11 is -0.106. The predicted octanol–water partition coefficient (Wildman–Crippen LogP) is 3.62. The van der Waals surface area contributed by atoms with E-state index in [1.165, 1.54) is 72.8 Å². The maximum atomic E-state index is 11.9. The third-order valence-corrected chi connectivity index (χ3v) is 15.0. The number of hydrogen-bond acceptors (Lipinski definition) is 8. The van der Waals surface area contributed by atoms with E-state index in [0.29, 0.717) is 21.2 Å². The van der Waals surface area contributed by atoms with Gasteiger partial charge in [-0.3, -0.25) is 18.2 Å². The normalized spacial score (nSPS) is 12.6. The van der Waals surface area contributed by atoms with Crippen LogP contribution in [0.25, 0.3) is 0 Å². The molecule has 4 aromatic carbocycles. The molecule has 0 radical (unpaired) electrons. The summed E-state index contributed by atoms with van der Waals surface area (Å²) in [6, 6.07) is 21.6. The summed E-state index contributed by atoms with van der Waals surface area (Å²) in [6.45, 7) is 0. The summed E-state index contributed by atoms with van der Waals surface area (Å²) in [5.74, 6) is 0. The average molecular weight is 896 g/mol. The van der Waals surface area contributed by atoms with Crippen molar-refractivity contribution in [1.82, 2.24) is 0 Å². The van der Waals surface area contributed by atoms with Crippen LogP contribution in [-0.2, 0) is 56.4 Å². The van der Waals surface area contributed by atoms with Gasteiger partial charge in [-0.05, 0) is 97.9 Å². The van der Waals surface area contributed by atoms with Crippen LogP contribution in [0.5, 0.6) is 0 Å². The first kappa shape index (κ1) is 40.1. The molecule has 0 saturated heterocycles. The van der Waals surface area contributed by atoms with Crippen LogP contribution in [0.3, 0.4) is 0 Å². The molecule has 0 aliphatic carbocycles. The van der Waals surface area contributed by atoms with E-state index in [1.807, 2.05) is 0 Å². The molecule has 4 N–H and O–H groups in total. The van der Waals surface area contributed by atoms with Crippen molar-refractivity contribution in [3.8, 4) is 0 Å². The molecule has 0 bridgehead atoms. The summed E-state index contributed by atoms with van der Waals surface area (Å²) in [5, 5.41) is 1.65. The Morgan fingerprint density at radius 1 is 0.447 bits per heavy atom. The number of hydrogen-bond donors (Lipinski definition) is 4. The molecular formula is C26H24Cl2O12P2PdS4. The van der Waals surface area contributed by atoms with Gasteiger partial charge in [-0.25, -0.2) is 0 Å². The predicted molar refractivity (Wildman–Crippen MR) is 179 cm³/mol. The SMILES string of the molecule is O=S(=O)(O)c1cccc(P(CCP(c2cccc(S(=O)(=O)O)c2)c2cccc(S(=O)(=O)O)c2)c2cccc(S(=O)(=O)O)c2)c1.[Cl][Pd][Cl]. The van der Waals surface area contributed by atoms with Crippen LogP contribution >= 0.6 is 34.9 Å². The molecule has 0 aliphatic heterocycles. The van der Waals surface area contributed by atoms with E-state index < -0.39 is 75.9 Å². The van der Waals surface area contributed by atoms with Gasteiger partial charge in [0.15, 0.2) is 0 Å². The molecule has 0 amide bonds. The van der Waals surface area contributed by atoms with Gasteiger partial charge in [0.25, 0.3) is 40.5 Å². The Morgan fingerprint density at radius 3 is 0.809 bits per heavy atom. The zero-order valence-electron chi connectivity index (χ0n) is 23.3. The van der Waals surface area contributed by atoms with Gasteiger partial charge >= 0.3 is 35.0 Å². The minimum atomic E-state index is -4.61. The Labute approximate surface area is 291 Å². The summed E-state index contributed by atoms with van der Waals surface area (Å²) in [6.07, 6.45) is 0.383. The number of benzene rings is 4. The Bertz CT molecular complexity index is 1880. The first-order valence-electron chi connectivity index (χ1n) is 12.4. The standard InChI is InChI=1S/C26H24O12P2S4.2ClH.Pd/c27-41(28,29)23-9-1-5-19(15-23)39(20-6-2-10-24(16-20)42(30,31)32)13-14-40(21-7-3-11-25(17-21)43(33,34)35)22-8-4-12-26(18-22)44(36,37)38;;;/h1-12,15-18H,13-14H2,(H,27,28,29)(H,30,31,32)(H,33,34,35)(H,36,37,38);2*1H;/q;;;+2/p-2. The minimum absolute atomic E-state index is 0.106. The molecule has 4 aromatic rings. The van der Waals surface area contributed by atoms with Gasteiger partial charge in [0, 0.05) is 0 Å². The van der Waals surface area contributed by atoms with Crippen molar-refractivity contribution in [2.75, 3.05) is 12.3 Å². The molecule has 21 heteroatoms. The van der Waals surface area contributed by atoms with Crippen molar-refractivity contribution in [2.45, 2.75) is 19.6 Å². The van der Waals surface area contributed by atoms with Gasteiger partial charge in [-0.1, -0.05) is 48.5 Å². The molecule has 4 rings (SSSR count). The molecule has 0 spiro atoms. The fraction of sp³-hybridized carbons (Fsp3) is 0.0769. The van der Waals surface area contributed by atoms with Crippen LogP contribution in [0.15, 0.2) is 117 Å². The van der Waals surface area contributed by atoms with E-state index in [1.54, 1.807) is 24.3 Å². The molecule has 258 valence electrons. The van der Waals surface area contributed by atoms with Crippen molar-refractivity contribution in [2.24, 2.45) is 0 Å². The Hall–Kier alpha value is -1.38. The van der Waals surface area contributed by atoms with Crippen LogP contribution < -0.4 is 21.2 Å². The maximum absolute atomic E-state index is 11.9. The third-order valence-electron chi connectivity index (χ3n) is 6.26. The molecule has 0 saturated carbocycles. The monoisotopic (exact) mass is 894 g/mol. The van der Waals surface area contributed by atoms with Crippen LogP contribution in [-0.4, -0.2) is 64.2 Å². The Kier molecular flexibility index (Phi) is 14.1. The van der Waals surface area contributed by atoms with Crippen molar-refractivity contribution in [3.63, 3.8) is 0 Å². The van der Waals surface area contributed by atoms with Crippen LogP contribution in [0.2, 0.25) is 0 Å². The molecule has 0 aliphatic rings. The molecule has 0 atom stereocenters. The number of halogens is 2.